The summed E-state index contributed by atoms with van der Waals surface area (Å²) in [6.07, 6.45) is 4.93. The van der Waals surface area contributed by atoms with Gasteiger partial charge in [0.25, 0.3) is 5.89 Å². The number of anilines is 1. The SMILES string of the molecule is CCn1ncc2c(N)c(-c3nnc(Cn4cnnn4)o3)c(C3CCOCC3)nc21. The molecule has 5 heterocycles. The Balaban J connectivity index is 1.63. The average molecular weight is 396 g/mol. The molecule has 2 N–H and O–H groups in total. The number of ether oxygens (including phenoxy) is 1. The lowest BCUT2D eigenvalue weighted by Crippen LogP contribution is -2.17. The lowest BCUT2D eigenvalue weighted by molar-refractivity contribution is 0.0846. The highest BCUT2D eigenvalue weighted by Gasteiger charge is 2.28. The van der Waals surface area contributed by atoms with Gasteiger partial charge in [0.15, 0.2) is 5.65 Å². The summed E-state index contributed by atoms with van der Waals surface area (Å²) in [5, 5.41) is 24.6. The molecular weight excluding hydrogens is 376 g/mol. The minimum Gasteiger partial charge on any atom is -0.419 e. The molecule has 1 fully saturated rings. The Labute approximate surface area is 165 Å². The third kappa shape index (κ3) is 3.10. The predicted octanol–water partition coefficient (Wildman–Crippen LogP) is 1.01. The molecule has 0 unspecified atom stereocenters. The van der Waals surface area contributed by atoms with Crippen molar-refractivity contribution < 1.29 is 9.15 Å². The van der Waals surface area contributed by atoms with E-state index < -0.39 is 0 Å². The van der Waals surface area contributed by atoms with Crippen LogP contribution in [0.25, 0.3) is 22.5 Å². The minimum atomic E-state index is 0.195. The molecule has 0 atom stereocenters. The number of pyridine rings is 1. The van der Waals surface area contributed by atoms with Crippen molar-refractivity contribution in [3.05, 3.63) is 24.1 Å². The second-order valence-electron chi connectivity index (χ2n) is 6.88. The number of tetrazole rings is 1. The lowest BCUT2D eigenvalue weighted by atomic mass is 9.91. The monoisotopic (exact) mass is 396 g/mol. The van der Waals surface area contributed by atoms with Crippen LogP contribution < -0.4 is 5.73 Å². The number of nitrogen functional groups attached to an aromatic ring is 1. The molecule has 12 heteroatoms. The molecule has 12 nitrogen and oxygen atoms in total. The van der Waals surface area contributed by atoms with Crippen LogP contribution in [0.4, 0.5) is 5.69 Å². The van der Waals surface area contributed by atoms with Crippen LogP contribution in [0, 0.1) is 0 Å². The third-order valence-corrected chi connectivity index (χ3v) is 5.13. The van der Waals surface area contributed by atoms with Crippen LogP contribution in [0.1, 0.15) is 37.3 Å². The quantitative estimate of drug-likeness (QED) is 0.518. The fraction of sp³-hybridized carbons (Fsp3) is 0.471. The number of aromatic nitrogens is 9. The van der Waals surface area contributed by atoms with Crippen molar-refractivity contribution in [3.8, 4) is 11.5 Å². The van der Waals surface area contributed by atoms with Crippen LogP contribution in [-0.2, 0) is 17.8 Å². The molecule has 4 aromatic rings. The van der Waals surface area contributed by atoms with Gasteiger partial charge in [-0.3, -0.25) is 0 Å². The first-order chi connectivity index (χ1) is 14.2. The largest absolute Gasteiger partial charge is 0.419 e. The Morgan fingerprint density at radius 3 is 2.86 bits per heavy atom. The molecule has 150 valence electrons. The summed E-state index contributed by atoms with van der Waals surface area (Å²) in [6, 6.07) is 0. The average Bonchev–Trinajstić information content (AvgIpc) is 3.50. The molecule has 29 heavy (non-hydrogen) atoms. The van der Waals surface area contributed by atoms with Crippen LogP contribution in [-0.4, -0.2) is 58.4 Å². The Morgan fingerprint density at radius 1 is 1.24 bits per heavy atom. The highest BCUT2D eigenvalue weighted by Crippen LogP contribution is 2.39. The van der Waals surface area contributed by atoms with E-state index in [9.17, 15) is 0 Å². The van der Waals surface area contributed by atoms with E-state index in [2.05, 4.69) is 30.8 Å². The van der Waals surface area contributed by atoms with Crippen molar-refractivity contribution >= 4 is 16.7 Å². The fourth-order valence-electron chi connectivity index (χ4n) is 3.66. The van der Waals surface area contributed by atoms with Crippen LogP contribution in [0.15, 0.2) is 16.9 Å². The van der Waals surface area contributed by atoms with E-state index in [1.54, 1.807) is 6.20 Å². The highest BCUT2D eigenvalue weighted by molar-refractivity contribution is 5.96. The van der Waals surface area contributed by atoms with E-state index in [1.165, 1.54) is 11.0 Å². The van der Waals surface area contributed by atoms with Crippen molar-refractivity contribution in [1.29, 1.82) is 0 Å². The molecule has 5 rings (SSSR count). The number of hydrogen-bond acceptors (Lipinski definition) is 10. The second-order valence-corrected chi connectivity index (χ2v) is 6.88. The molecule has 0 amide bonds. The molecule has 0 aliphatic carbocycles. The smallest absolute Gasteiger partial charge is 0.251 e. The molecule has 0 aromatic carbocycles. The summed E-state index contributed by atoms with van der Waals surface area (Å²) >= 11 is 0. The van der Waals surface area contributed by atoms with Gasteiger partial charge in [0.1, 0.15) is 12.9 Å². The summed E-state index contributed by atoms with van der Waals surface area (Å²) in [5.74, 6) is 0.917. The molecule has 1 aliphatic heterocycles. The minimum absolute atomic E-state index is 0.195. The first kappa shape index (κ1) is 17.7. The van der Waals surface area contributed by atoms with E-state index in [1.807, 2.05) is 11.6 Å². The van der Waals surface area contributed by atoms with Crippen molar-refractivity contribution in [2.24, 2.45) is 0 Å². The van der Waals surface area contributed by atoms with E-state index in [4.69, 9.17) is 19.9 Å². The molecule has 0 bridgehead atoms. The number of fused-ring (bicyclic) bond motifs is 1. The summed E-state index contributed by atoms with van der Waals surface area (Å²) < 4.78 is 14.8. The number of rotatable bonds is 5. The molecule has 0 spiro atoms. The molecule has 1 saturated heterocycles. The van der Waals surface area contributed by atoms with Crippen LogP contribution in [0.3, 0.4) is 0 Å². The van der Waals surface area contributed by atoms with Crippen molar-refractivity contribution in [2.75, 3.05) is 18.9 Å². The van der Waals surface area contributed by atoms with Gasteiger partial charge in [0.05, 0.1) is 28.5 Å². The van der Waals surface area contributed by atoms with Crippen molar-refractivity contribution in [3.63, 3.8) is 0 Å². The van der Waals surface area contributed by atoms with Crippen molar-refractivity contribution in [2.45, 2.75) is 38.8 Å². The van der Waals surface area contributed by atoms with Gasteiger partial charge in [-0.15, -0.1) is 15.3 Å². The fourth-order valence-corrected chi connectivity index (χ4v) is 3.66. The summed E-state index contributed by atoms with van der Waals surface area (Å²) in [6.45, 7) is 4.38. The van der Waals surface area contributed by atoms with Gasteiger partial charge in [-0.2, -0.15) is 5.10 Å². The lowest BCUT2D eigenvalue weighted by Gasteiger charge is -2.23. The second kappa shape index (κ2) is 7.20. The Bertz CT molecular complexity index is 1130. The molecular formula is C17H20N10O2. The zero-order chi connectivity index (χ0) is 19.8. The zero-order valence-electron chi connectivity index (χ0n) is 15.9. The van der Waals surface area contributed by atoms with Crippen LogP contribution in [0.5, 0.6) is 0 Å². The van der Waals surface area contributed by atoms with Gasteiger partial charge in [-0.25, -0.2) is 14.3 Å². The van der Waals surface area contributed by atoms with Gasteiger partial charge >= 0.3 is 0 Å². The normalized spacial score (nSPS) is 15.3. The van der Waals surface area contributed by atoms with Gasteiger partial charge in [0, 0.05) is 25.7 Å². The molecule has 4 aromatic heterocycles. The maximum atomic E-state index is 6.58. The maximum absolute atomic E-state index is 6.58. The number of nitrogens with two attached hydrogens (primary N) is 1. The van der Waals surface area contributed by atoms with Gasteiger partial charge in [-0.05, 0) is 30.2 Å². The standard InChI is InChI=1S/C17H20N10O2/c1-2-27-16-11(7-20-27)14(18)13(15(21-16)10-3-5-28-6-4-10)17-23-22-12(29-17)8-26-9-19-24-25-26/h7,9-10H,2-6,8H2,1H3,(H2,18,21). The Morgan fingerprint density at radius 2 is 2.10 bits per heavy atom. The Hall–Kier alpha value is -3.41. The van der Waals surface area contributed by atoms with Crippen LogP contribution >= 0.6 is 0 Å². The third-order valence-electron chi connectivity index (χ3n) is 5.13. The maximum Gasteiger partial charge on any atom is 0.251 e. The number of hydrogen-bond donors (Lipinski definition) is 1. The topological polar surface area (TPSA) is 148 Å². The predicted molar refractivity (Wildman–Crippen MR) is 101 cm³/mol. The van der Waals surface area contributed by atoms with E-state index in [0.717, 1.165) is 29.6 Å². The van der Waals surface area contributed by atoms with Gasteiger partial charge in [0.2, 0.25) is 5.89 Å². The summed E-state index contributed by atoms with van der Waals surface area (Å²) in [4.78, 5) is 4.95. The summed E-state index contributed by atoms with van der Waals surface area (Å²) in [5.41, 5.74) is 9.43. The van der Waals surface area contributed by atoms with E-state index >= 15 is 0 Å². The molecule has 1 aliphatic rings. The van der Waals surface area contributed by atoms with Gasteiger partial charge < -0.3 is 14.9 Å². The number of aryl methyl sites for hydroxylation is 1. The van der Waals surface area contributed by atoms with Crippen LogP contribution in [0.2, 0.25) is 0 Å². The van der Waals surface area contributed by atoms with Gasteiger partial charge in [-0.1, -0.05) is 0 Å². The molecule has 0 radical (unpaired) electrons. The number of nitrogens with zero attached hydrogens (tertiary/aromatic N) is 9. The first-order valence-corrected chi connectivity index (χ1v) is 9.50. The highest BCUT2D eigenvalue weighted by atomic mass is 16.5. The molecule has 0 saturated carbocycles. The van der Waals surface area contributed by atoms with Crippen molar-refractivity contribution in [1.82, 2.24) is 45.2 Å². The zero-order valence-corrected chi connectivity index (χ0v) is 15.9. The summed E-state index contributed by atoms with van der Waals surface area (Å²) in [7, 11) is 0. The Kier molecular flexibility index (Phi) is 4.39. The van der Waals surface area contributed by atoms with E-state index in [0.29, 0.717) is 42.8 Å². The first-order valence-electron chi connectivity index (χ1n) is 9.50. The van der Waals surface area contributed by atoms with E-state index in [-0.39, 0.29) is 12.5 Å².